The van der Waals surface area contributed by atoms with Crippen LogP contribution in [0.25, 0.3) is 0 Å². The number of rotatable bonds is 2. The minimum atomic E-state index is 0.200. The molecule has 1 aliphatic rings. The van der Waals surface area contributed by atoms with Gasteiger partial charge < -0.3 is 9.64 Å². The number of hydrogen-bond donors (Lipinski definition) is 0. The van der Waals surface area contributed by atoms with Gasteiger partial charge in [0.1, 0.15) is 5.75 Å². The zero-order valence-electron chi connectivity index (χ0n) is 7.79. The van der Waals surface area contributed by atoms with Gasteiger partial charge in [-0.3, -0.25) is 4.79 Å². The van der Waals surface area contributed by atoms with Gasteiger partial charge in [0.15, 0.2) is 0 Å². The van der Waals surface area contributed by atoms with Crippen LogP contribution >= 0.6 is 22.6 Å². The number of hydrogen-bond acceptors (Lipinski definition) is 2. The van der Waals surface area contributed by atoms with Crippen molar-refractivity contribution in [2.24, 2.45) is 0 Å². The van der Waals surface area contributed by atoms with Crippen LogP contribution in [0.15, 0.2) is 18.2 Å². The summed E-state index contributed by atoms with van der Waals surface area (Å²) in [4.78, 5) is 13.0. The molecule has 1 heterocycles. The average molecular weight is 303 g/mol. The van der Waals surface area contributed by atoms with E-state index in [1.165, 1.54) is 0 Å². The van der Waals surface area contributed by atoms with E-state index >= 15 is 0 Å². The van der Waals surface area contributed by atoms with Crippen LogP contribution in [0.2, 0.25) is 0 Å². The number of halogens is 1. The lowest BCUT2D eigenvalue weighted by molar-refractivity contribution is -0.122. The van der Waals surface area contributed by atoms with Crippen LogP contribution in [0.1, 0.15) is 6.42 Å². The van der Waals surface area contributed by atoms with Crippen molar-refractivity contribution < 1.29 is 9.53 Å². The summed E-state index contributed by atoms with van der Waals surface area (Å²) in [5.41, 5.74) is 0.964. The van der Waals surface area contributed by atoms with Crippen LogP contribution in [0.3, 0.4) is 0 Å². The van der Waals surface area contributed by atoms with Crippen molar-refractivity contribution in [1.29, 1.82) is 0 Å². The molecule has 1 amide bonds. The van der Waals surface area contributed by atoms with E-state index in [1.54, 1.807) is 12.0 Å². The van der Waals surface area contributed by atoms with Gasteiger partial charge in [0.2, 0.25) is 5.91 Å². The van der Waals surface area contributed by atoms with Gasteiger partial charge in [0, 0.05) is 18.7 Å². The first-order chi connectivity index (χ1) is 6.72. The smallest absolute Gasteiger partial charge is 0.228 e. The molecule has 0 aromatic heterocycles. The molecular formula is C10H10INO2. The van der Waals surface area contributed by atoms with Gasteiger partial charge in [-0.1, -0.05) is 0 Å². The SMILES string of the molecule is COc1ccc(N2CCC2=O)cc1I. The molecule has 3 nitrogen and oxygen atoms in total. The van der Waals surface area contributed by atoms with Crippen LogP contribution in [0.5, 0.6) is 5.75 Å². The van der Waals surface area contributed by atoms with Gasteiger partial charge in [-0.15, -0.1) is 0 Å². The Kier molecular flexibility index (Phi) is 2.62. The molecule has 0 atom stereocenters. The molecule has 2 rings (SSSR count). The Hall–Kier alpha value is -0.780. The van der Waals surface area contributed by atoms with E-state index in [9.17, 15) is 4.79 Å². The highest BCUT2D eigenvalue weighted by molar-refractivity contribution is 14.1. The first-order valence-corrected chi connectivity index (χ1v) is 5.44. The van der Waals surface area contributed by atoms with Crippen molar-refractivity contribution in [3.63, 3.8) is 0 Å². The van der Waals surface area contributed by atoms with Crippen LogP contribution in [0.4, 0.5) is 5.69 Å². The Morgan fingerprint density at radius 2 is 2.29 bits per heavy atom. The molecule has 0 N–H and O–H groups in total. The van der Waals surface area contributed by atoms with Crippen molar-refractivity contribution >= 4 is 34.2 Å². The van der Waals surface area contributed by atoms with Gasteiger partial charge in [-0.2, -0.15) is 0 Å². The Labute approximate surface area is 96.2 Å². The number of amides is 1. The maximum atomic E-state index is 11.2. The summed E-state index contributed by atoms with van der Waals surface area (Å²) in [5, 5.41) is 0. The van der Waals surface area contributed by atoms with Crippen molar-refractivity contribution in [3.05, 3.63) is 21.8 Å². The molecule has 0 saturated carbocycles. The predicted molar refractivity (Wildman–Crippen MR) is 62.7 cm³/mol. The quantitative estimate of drug-likeness (QED) is 0.618. The average Bonchev–Trinajstić information content (AvgIpc) is 2.16. The van der Waals surface area contributed by atoms with Crippen LogP contribution in [-0.2, 0) is 4.79 Å². The Morgan fingerprint density at radius 3 is 2.71 bits per heavy atom. The third kappa shape index (κ3) is 1.58. The number of carbonyl (C=O) groups is 1. The number of carbonyl (C=O) groups excluding carboxylic acids is 1. The molecular weight excluding hydrogens is 293 g/mol. The molecule has 1 fully saturated rings. The molecule has 0 spiro atoms. The lowest BCUT2D eigenvalue weighted by Gasteiger charge is -2.30. The normalized spacial score (nSPS) is 15.3. The van der Waals surface area contributed by atoms with Gasteiger partial charge in [0.05, 0.1) is 10.7 Å². The fourth-order valence-electron chi connectivity index (χ4n) is 1.41. The number of β-lactam (4-membered cyclic amide) rings is 1. The number of anilines is 1. The molecule has 74 valence electrons. The summed E-state index contributed by atoms with van der Waals surface area (Å²) in [6.45, 7) is 0.835. The molecule has 0 unspecified atom stereocenters. The molecule has 14 heavy (non-hydrogen) atoms. The second-order valence-corrected chi connectivity index (χ2v) is 4.28. The minimum Gasteiger partial charge on any atom is -0.496 e. The molecule has 0 bridgehead atoms. The van der Waals surface area contributed by atoms with E-state index < -0.39 is 0 Å². The Morgan fingerprint density at radius 1 is 1.50 bits per heavy atom. The van der Waals surface area contributed by atoms with Crippen molar-refractivity contribution in [1.82, 2.24) is 0 Å². The summed E-state index contributed by atoms with van der Waals surface area (Å²) in [6.07, 6.45) is 0.669. The molecule has 1 aliphatic heterocycles. The Bertz CT molecular complexity index is 378. The fraction of sp³-hybridized carbons (Fsp3) is 0.300. The molecule has 0 aliphatic carbocycles. The molecule has 0 radical (unpaired) electrons. The van der Waals surface area contributed by atoms with Crippen molar-refractivity contribution in [2.75, 3.05) is 18.6 Å². The third-order valence-corrected chi connectivity index (χ3v) is 3.14. The standard InChI is InChI=1S/C10H10INO2/c1-14-9-3-2-7(6-8(9)11)12-5-4-10(12)13/h2-3,6H,4-5H2,1H3. The highest BCUT2D eigenvalue weighted by atomic mass is 127. The number of benzene rings is 1. The highest BCUT2D eigenvalue weighted by Crippen LogP contribution is 2.28. The van der Waals surface area contributed by atoms with Crippen LogP contribution in [0, 0.1) is 3.57 Å². The van der Waals surface area contributed by atoms with E-state index in [0.29, 0.717) is 6.42 Å². The van der Waals surface area contributed by atoms with Crippen molar-refractivity contribution in [2.45, 2.75) is 6.42 Å². The first-order valence-electron chi connectivity index (χ1n) is 4.36. The maximum Gasteiger partial charge on any atom is 0.228 e. The zero-order valence-corrected chi connectivity index (χ0v) is 9.95. The van der Waals surface area contributed by atoms with Crippen LogP contribution in [-0.4, -0.2) is 19.6 Å². The third-order valence-electron chi connectivity index (χ3n) is 2.30. The van der Waals surface area contributed by atoms with Gasteiger partial charge in [-0.05, 0) is 40.8 Å². The van der Waals surface area contributed by atoms with E-state index in [1.807, 2.05) is 18.2 Å². The minimum absolute atomic E-state index is 0.200. The number of ether oxygens (including phenoxy) is 1. The van der Waals surface area contributed by atoms with Crippen molar-refractivity contribution in [3.8, 4) is 5.75 Å². The maximum absolute atomic E-state index is 11.2. The summed E-state index contributed by atoms with van der Waals surface area (Å²) in [5.74, 6) is 1.05. The van der Waals surface area contributed by atoms with Gasteiger partial charge >= 0.3 is 0 Å². The second kappa shape index (κ2) is 3.76. The van der Waals surface area contributed by atoms with E-state index in [0.717, 1.165) is 21.6 Å². The summed E-state index contributed by atoms with van der Waals surface area (Å²) in [6, 6.07) is 5.78. The molecule has 1 saturated heterocycles. The second-order valence-electron chi connectivity index (χ2n) is 3.11. The van der Waals surface area contributed by atoms with E-state index in [4.69, 9.17) is 4.74 Å². The summed E-state index contributed by atoms with van der Waals surface area (Å²) in [7, 11) is 1.64. The first kappa shape index (κ1) is 9.76. The number of nitrogens with zero attached hydrogens (tertiary/aromatic N) is 1. The molecule has 1 aromatic rings. The molecule has 1 aromatic carbocycles. The molecule has 4 heteroatoms. The van der Waals surface area contributed by atoms with Gasteiger partial charge in [0.25, 0.3) is 0 Å². The zero-order chi connectivity index (χ0) is 10.1. The van der Waals surface area contributed by atoms with Crippen LogP contribution < -0.4 is 9.64 Å². The summed E-state index contributed by atoms with van der Waals surface area (Å²) < 4.78 is 6.18. The lowest BCUT2D eigenvalue weighted by Crippen LogP contribution is -2.43. The largest absolute Gasteiger partial charge is 0.496 e. The highest BCUT2D eigenvalue weighted by Gasteiger charge is 2.25. The fourth-order valence-corrected chi connectivity index (χ4v) is 2.13. The van der Waals surface area contributed by atoms with Gasteiger partial charge in [-0.25, -0.2) is 0 Å². The summed E-state index contributed by atoms with van der Waals surface area (Å²) >= 11 is 2.20. The monoisotopic (exact) mass is 303 g/mol. The Balaban J connectivity index is 2.28. The van der Waals surface area contributed by atoms with E-state index in [2.05, 4.69) is 22.6 Å². The van der Waals surface area contributed by atoms with E-state index in [-0.39, 0.29) is 5.91 Å². The topological polar surface area (TPSA) is 29.5 Å². The predicted octanol–water partition coefficient (Wildman–Crippen LogP) is 2.04. The lowest BCUT2D eigenvalue weighted by atomic mass is 10.1. The number of methoxy groups -OCH3 is 1.